The molecule has 0 spiro atoms. The first-order chi connectivity index (χ1) is 12.4. The number of nitrogens with zero attached hydrogens (tertiary/aromatic N) is 3. The van der Waals surface area contributed by atoms with Crippen molar-refractivity contribution in [3.63, 3.8) is 0 Å². The van der Waals surface area contributed by atoms with Crippen molar-refractivity contribution in [3.05, 3.63) is 35.6 Å². The summed E-state index contributed by atoms with van der Waals surface area (Å²) in [7, 11) is 1.35. The molecule has 0 aliphatic heterocycles. The van der Waals surface area contributed by atoms with Crippen molar-refractivity contribution in [1.82, 2.24) is 10.3 Å². The molecule has 9 nitrogen and oxygen atoms in total. The molecule has 1 amide bonds. The van der Waals surface area contributed by atoms with Crippen LogP contribution < -0.4 is 5.32 Å². The molecule has 0 fully saturated rings. The number of hydrogen-bond donors (Lipinski definition) is 1. The van der Waals surface area contributed by atoms with E-state index in [9.17, 15) is 14.4 Å². The van der Waals surface area contributed by atoms with E-state index in [4.69, 9.17) is 15.0 Å². The molecule has 0 aromatic carbocycles. The summed E-state index contributed by atoms with van der Waals surface area (Å²) in [6.07, 6.45) is 0.736. The van der Waals surface area contributed by atoms with Crippen molar-refractivity contribution >= 4 is 23.9 Å². The molecule has 1 aromatic rings. The van der Waals surface area contributed by atoms with Gasteiger partial charge in [-0.15, -0.1) is 0 Å². The number of ether oxygens (including phenoxy) is 2. The van der Waals surface area contributed by atoms with Gasteiger partial charge in [0.1, 0.15) is 6.04 Å². The molecular weight excluding hydrogens is 340 g/mol. The van der Waals surface area contributed by atoms with Crippen LogP contribution in [-0.4, -0.2) is 52.9 Å². The fourth-order valence-corrected chi connectivity index (χ4v) is 2.12. The SMILES string of the molecule is CO[C@@H](C(=O)N[C@@H](CCC(=O)C=[N+]=[N-])C(=O)OC(C)C)c1ccccn1. The molecule has 0 aliphatic rings. The summed E-state index contributed by atoms with van der Waals surface area (Å²) in [4.78, 5) is 42.9. The molecule has 1 N–H and O–H groups in total. The third-order valence-corrected chi connectivity index (χ3v) is 3.26. The van der Waals surface area contributed by atoms with E-state index in [1.54, 1.807) is 32.0 Å². The predicted octanol–water partition coefficient (Wildman–Crippen LogP) is 0.855. The second kappa shape index (κ2) is 10.9. The van der Waals surface area contributed by atoms with Gasteiger partial charge in [-0.2, -0.15) is 4.79 Å². The highest BCUT2D eigenvalue weighted by Gasteiger charge is 2.29. The van der Waals surface area contributed by atoms with Crippen molar-refractivity contribution in [3.8, 4) is 0 Å². The van der Waals surface area contributed by atoms with Crippen LogP contribution in [0.3, 0.4) is 0 Å². The van der Waals surface area contributed by atoms with Crippen LogP contribution in [0.15, 0.2) is 24.4 Å². The zero-order valence-electron chi connectivity index (χ0n) is 14.9. The van der Waals surface area contributed by atoms with Gasteiger partial charge in [0, 0.05) is 19.7 Å². The number of amides is 1. The van der Waals surface area contributed by atoms with Crippen LogP contribution in [0.2, 0.25) is 0 Å². The van der Waals surface area contributed by atoms with Crippen LogP contribution in [0.4, 0.5) is 0 Å². The molecular formula is C17H22N4O5. The molecule has 1 rings (SSSR count). The van der Waals surface area contributed by atoms with E-state index >= 15 is 0 Å². The largest absolute Gasteiger partial charge is 0.461 e. The van der Waals surface area contributed by atoms with Gasteiger partial charge in [-0.25, -0.2) is 4.79 Å². The van der Waals surface area contributed by atoms with E-state index in [0.717, 1.165) is 6.21 Å². The average Bonchev–Trinajstić information content (AvgIpc) is 2.59. The number of pyridine rings is 1. The third kappa shape index (κ3) is 6.92. The van der Waals surface area contributed by atoms with Crippen molar-refractivity contribution in [2.24, 2.45) is 0 Å². The van der Waals surface area contributed by atoms with E-state index in [1.807, 2.05) is 0 Å². The van der Waals surface area contributed by atoms with Crippen LogP contribution in [0, 0.1) is 0 Å². The Hall–Kier alpha value is -2.90. The lowest BCUT2D eigenvalue weighted by atomic mass is 10.1. The Morgan fingerprint density at radius 2 is 2.08 bits per heavy atom. The standard InChI is InChI=1S/C17H22N4O5/c1-11(2)26-17(24)14(8-7-12(22)10-20-18)21-16(23)15(25-3)13-6-4-5-9-19-13/h4-6,9-11,14-15H,7-8H2,1-3H3,(H,21,23)/t14-,15+/m0/s1. The van der Waals surface area contributed by atoms with Gasteiger partial charge in [0.25, 0.3) is 5.91 Å². The number of rotatable bonds is 10. The summed E-state index contributed by atoms with van der Waals surface area (Å²) in [5.74, 6) is -1.74. The lowest BCUT2D eigenvalue weighted by Crippen LogP contribution is -2.45. The first-order valence-corrected chi connectivity index (χ1v) is 8.03. The highest BCUT2D eigenvalue weighted by Crippen LogP contribution is 2.15. The van der Waals surface area contributed by atoms with Gasteiger partial charge in [0.05, 0.1) is 11.8 Å². The first-order valence-electron chi connectivity index (χ1n) is 8.03. The minimum atomic E-state index is -1.05. The van der Waals surface area contributed by atoms with Crippen LogP contribution >= 0.6 is 0 Å². The van der Waals surface area contributed by atoms with E-state index in [2.05, 4.69) is 15.1 Å². The zero-order valence-corrected chi connectivity index (χ0v) is 14.9. The molecule has 26 heavy (non-hydrogen) atoms. The Labute approximate surface area is 151 Å². The fourth-order valence-electron chi connectivity index (χ4n) is 2.12. The van der Waals surface area contributed by atoms with Crippen LogP contribution in [0.1, 0.15) is 38.5 Å². The lowest BCUT2D eigenvalue weighted by Gasteiger charge is -2.21. The zero-order chi connectivity index (χ0) is 19.5. The number of aromatic nitrogens is 1. The smallest absolute Gasteiger partial charge is 0.328 e. The Morgan fingerprint density at radius 1 is 1.35 bits per heavy atom. The lowest BCUT2D eigenvalue weighted by molar-refractivity contribution is -0.153. The summed E-state index contributed by atoms with van der Waals surface area (Å²) in [6, 6.07) is 3.98. The fraction of sp³-hybridized carbons (Fsp3) is 0.471. The molecule has 0 unspecified atom stereocenters. The summed E-state index contributed by atoms with van der Waals surface area (Å²) >= 11 is 0. The summed E-state index contributed by atoms with van der Waals surface area (Å²) in [5.41, 5.74) is 8.75. The van der Waals surface area contributed by atoms with Crippen LogP contribution in [0.5, 0.6) is 0 Å². The molecule has 9 heteroatoms. The van der Waals surface area contributed by atoms with Gasteiger partial charge in [0.15, 0.2) is 6.10 Å². The number of ketones is 1. The monoisotopic (exact) mass is 362 g/mol. The topological polar surface area (TPSA) is 131 Å². The van der Waals surface area contributed by atoms with Gasteiger partial charge in [0.2, 0.25) is 5.78 Å². The molecule has 140 valence electrons. The number of esters is 1. The van der Waals surface area contributed by atoms with Gasteiger partial charge in [-0.3, -0.25) is 14.6 Å². The number of methoxy groups -OCH3 is 1. The van der Waals surface area contributed by atoms with Gasteiger partial charge >= 0.3 is 12.2 Å². The van der Waals surface area contributed by atoms with Crippen LogP contribution in [0.25, 0.3) is 5.53 Å². The Bertz CT molecular complexity index is 671. The molecule has 0 radical (unpaired) electrons. The molecule has 1 heterocycles. The number of carbonyl (C=O) groups is 3. The van der Waals surface area contributed by atoms with E-state index < -0.39 is 29.8 Å². The minimum absolute atomic E-state index is 0.0131. The summed E-state index contributed by atoms with van der Waals surface area (Å²) in [5, 5.41) is 2.53. The number of hydrogen-bond acceptors (Lipinski definition) is 6. The van der Waals surface area contributed by atoms with E-state index in [0.29, 0.717) is 5.69 Å². The van der Waals surface area contributed by atoms with Crippen molar-refractivity contribution in [2.45, 2.75) is 44.9 Å². The number of Topliss-reactive ketones (excluding diaryl/α,β-unsaturated/α-hetero) is 1. The molecule has 1 aromatic heterocycles. The van der Waals surface area contributed by atoms with E-state index in [1.165, 1.54) is 13.3 Å². The quantitative estimate of drug-likeness (QED) is 0.284. The Kier molecular flexibility index (Phi) is 8.83. The second-order valence-corrected chi connectivity index (χ2v) is 5.67. The number of nitrogens with one attached hydrogen (secondary N) is 1. The van der Waals surface area contributed by atoms with Crippen LogP contribution in [-0.2, 0) is 23.9 Å². The van der Waals surface area contributed by atoms with Gasteiger partial charge in [-0.1, -0.05) is 6.07 Å². The highest BCUT2D eigenvalue weighted by molar-refractivity contribution is 6.25. The van der Waals surface area contributed by atoms with Crippen molar-refractivity contribution in [2.75, 3.05) is 7.11 Å². The van der Waals surface area contributed by atoms with E-state index in [-0.39, 0.29) is 18.9 Å². The molecule has 0 aliphatic carbocycles. The summed E-state index contributed by atoms with van der Waals surface area (Å²) < 4.78 is 10.3. The summed E-state index contributed by atoms with van der Waals surface area (Å²) in [6.45, 7) is 3.35. The van der Waals surface area contributed by atoms with Gasteiger partial charge < -0.3 is 20.3 Å². The normalized spacial score (nSPS) is 12.6. The first kappa shape index (κ1) is 21.1. The Balaban J connectivity index is 2.87. The average molecular weight is 362 g/mol. The predicted molar refractivity (Wildman–Crippen MR) is 91.1 cm³/mol. The molecule has 0 saturated heterocycles. The maximum Gasteiger partial charge on any atom is 0.328 e. The Morgan fingerprint density at radius 3 is 2.62 bits per heavy atom. The minimum Gasteiger partial charge on any atom is -0.461 e. The van der Waals surface area contributed by atoms with Crippen molar-refractivity contribution in [1.29, 1.82) is 0 Å². The molecule has 0 bridgehead atoms. The molecule has 0 saturated carbocycles. The molecule has 2 atom stereocenters. The highest BCUT2D eigenvalue weighted by atomic mass is 16.5. The maximum atomic E-state index is 12.5. The third-order valence-electron chi connectivity index (χ3n) is 3.26. The maximum absolute atomic E-state index is 12.5. The van der Waals surface area contributed by atoms with Crippen molar-refractivity contribution < 1.29 is 28.6 Å². The number of carbonyl (C=O) groups excluding carboxylic acids is 3. The van der Waals surface area contributed by atoms with Gasteiger partial charge in [-0.05, 0) is 32.4 Å². The second-order valence-electron chi connectivity index (χ2n) is 5.67.